The van der Waals surface area contributed by atoms with Crippen LogP contribution in [0, 0.1) is 6.92 Å². The molecule has 3 rings (SSSR count). The average molecular weight is 429 g/mol. The van der Waals surface area contributed by atoms with Crippen LogP contribution in [0.4, 0.5) is 5.69 Å². The Hall–Kier alpha value is -2.97. The molecule has 0 spiro atoms. The van der Waals surface area contributed by atoms with Gasteiger partial charge in [-0.05, 0) is 68.2 Å². The van der Waals surface area contributed by atoms with Gasteiger partial charge >= 0.3 is 5.97 Å². The molecule has 2 aromatic carbocycles. The van der Waals surface area contributed by atoms with Crippen molar-refractivity contribution in [3.05, 3.63) is 65.2 Å². The lowest BCUT2D eigenvalue weighted by Crippen LogP contribution is -2.26. The van der Waals surface area contributed by atoms with Gasteiger partial charge in [0.05, 0.1) is 11.5 Å². The van der Waals surface area contributed by atoms with Crippen molar-refractivity contribution in [1.82, 2.24) is 4.72 Å². The number of amides is 1. The zero-order valence-corrected chi connectivity index (χ0v) is 17.7. The van der Waals surface area contributed by atoms with Crippen molar-refractivity contribution in [3.8, 4) is 0 Å². The number of ether oxygens (including phenoxy) is 1. The maximum atomic E-state index is 12.7. The number of sulfonamides is 1. The van der Waals surface area contributed by atoms with Crippen molar-refractivity contribution in [3.63, 3.8) is 0 Å². The van der Waals surface area contributed by atoms with Crippen LogP contribution in [0.2, 0.25) is 0 Å². The lowest BCUT2D eigenvalue weighted by molar-refractivity contribution is -0.137. The molecule has 0 bridgehead atoms. The van der Waals surface area contributed by atoms with E-state index < -0.39 is 21.9 Å². The van der Waals surface area contributed by atoms with E-state index in [0.717, 1.165) is 18.4 Å². The first kappa shape index (κ1) is 21.7. The number of nitrogens with one attached hydrogen (secondary N) is 2. The van der Waals surface area contributed by atoms with E-state index in [1.54, 1.807) is 50.3 Å². The molecule has 0 atom stereocenters. The Morgan fingerprint density at radius 2 is 1.83 bits per heavy atom. The molecular formula is C22H24N2O5S. The minimum Gasteiger partial charge on any atom is -0.463 e. The van der Waals surface area contributed by atoms with E-state index in [2.05, 4.69) is 10.0 Å². The van der Waals surface area contributed by atoms with Crippen LogP contribution in [0.25, 0.3) is 6.08 Å². The van der Waals surface area contributed by atoms with Crippen LogP contribution in [0.3, 0.4) is 0 Å². The predicted octanol–water partition coefficient (Wildman–Crippen LogP) is 3.26. The Bertz CT molecular complexity index is 1070. The quantitative estimate of drug-likeness (QED) is 0.496. The molecule has 0 unspecified atom stereocenters. The van der Waals surface area contributed by atoms with Gasteiger partial charge in [-0.3, -0.25) is 4.79 Å². The third kappa shape index (κ3) is 5.77. The zero-order chi connectivity index (χ0) is 21.7. The fourth-order valence-corrected chi connectivity index (χ4v) is 4.06. The summed E-state index contributed by atoms with van der Waals surface area (Å²) in [6.07, 6.45) is 4.63. The number of hydrogen-bond acceptors (Lipinski definition) is 5. The molecule has 0 radical (unpaired) electrons. The van der Waals surface area contributed by atoms with E-state index in [9.17, 15) is 18.0 Å². The van der Waals surface area contributed by atoms with Crippen molar-refractivity contribution in [2.75, 3.05) is 11.9 Å². The minimum atomic E-state index is -3.64. The first-order chi connectivity index (χ1) is 14.3. The maximum absolute atomic E-state index is 12.7. The number of carbonyl (C=O) groups excluding carboxylic acids is 2. The number of carbonyl (C=O) groups is 2. The smallest absolute Gasteiger partial charge is 0.330 e. The van der Waals surface area contributed by atoms with Crippen molar-refractivity contribution in [2.45, 2.75) is 37.6 Å². The number of rotatable bonds is 8. The second-order valence-electron chi connectivity index (χ2n) is 7.03. The summed E-state index contributed by atoms with van der Waals surface area (Å²) in [6.45, 7) is 3.80. The van der Waals surface area contributed by atoms with E-state index in [-0.39, 0.29) is 10.9 Å². The third-order valence-corrected chi connectivity index (χ3v) is 6.05. The maximum Gasteiger partial charge on any atom is 0.330 e. The topological polar surface area (TPSA) is 102 Å². The highest BCUT2D eigenvalue weighted by atomic mass is 32.2. The average Bonchev–Trinajstić information content (AvgIpc) is 3.51. The van der Waals surface area contributed by atoms with Crippen LogP contribution in [-0.2, 0) is 19.6 Å². The van der Waals surface area contributed by atoms with Crippen LogP contribution in [0.15, 0.2) is 53.4 Å². The van der Waals surface area contributed by atoms with Gasteiger partial charge in [0, 0.05) is 23.4 Å². The molecule has 0 heterocycles. The van der Waals surface area contributed by atoms with Crippen LogP contribution < -0.4 is 10.0 Å². The van der Waals surface area contributed by atoms with Crippen molar-refractivity contribution in [2.24, 2.45) is 0 Å². The van der Waals surface area contributed by atoms with Gasteiger partial charge in [-0.15, -0.1) is 0 Å². The Morgan fingerprint density at radius 3 is 2.47 bits per heavy atom. The Morgan fingerprint density at radius 1 is 1.13 bits per heavy atom. The summed E-state index contributed by atoms with van der Waals surface area (Å²) >= 11 is 0. The second kappa shape index (κ2) is 9.23. The highest BCUT2D eigenvalue weighted by Crippen LogP contribution is 2.23. The van der Waals surface area contributed by atoms with Crippen molar-refractivity contribution < 1.29 is 22.7 Å². The Kier molecular flexibility index (Phi) is 6.69. The van der Waals surface area contributed by atoms with E-state index >= 15 is 0 Å². The highest BCUT2D eigenvalue weighted by Gasteiger charge is 2.28. The minimum absolute atomic E-state index is 0.00928. The van der Waals surface area contributed by atoms with Crippen molar-refractivity contribution >= 4 is 33.7 Å². The van der Waals surface area contributed by atoms with Gasteiger partial charge in [-0.1, -0.05) is 18.2 Å². The van der Waals surface area contributed by atoms with Crippen LogP contribution in [-0.4, -0.2) is 32.9 Å². The van der Waals surface area contributed by atoms with E-state index in [1.807, 2.05) is 0 Å². The standard InChI is InChI=1S/C22H24N2O5S/c1-3-29-21(25)13-7-16-5-8-17(9-6-16)23-22(26)20-14-19(12-4-15(20)2)30(27,28)24-18-10-11-18/h4-9,12-14,18,24H,3,10-11H2,1-2H3,(H,23,26)/b13-7+. The fourth-order valence-electron chi connectivity index (χ4n) is 2.73. The molecule has 1 amide bonds. The zero-order valence-electron chi connectivity index (χ0n) is 16.8. The first-order valence-electron chi connectivity index (χ1n) is 9.67. The number of anilines is 1. The molecule has 1 aliphatic rings. The van der Waals surface area contributed by atoms with Gasteiger partial charge in [-0.2, -0.15) is 0 Å². The lowest BCUT2D eigenvalue weighted by Gasteiger charge is -2.11. The summed E-state index contributed by atoms with van der Waals surface area (Å²) < 4.78 is 32.3. The van der Waals surface area contributed by atoms with Gasteiger partial charge < -0.3 is 10.1 Å². The van der Waals surface area contributed by atoms with Gasteiger partial charge in [0.1, 0.15) is 0 Å². The molecule has 2 aromatic rings. The van der Waals surface area contributed by atoms with Gasteiger partial charge in [0.25, 0.3) is 5.91 Å². The first-order valence-corrected chi connectivity index (χ1v) is 11.2. The second-order valence-corrected chi connectivity index (χ2v) is 8.75. The molecule has 7 nitrogen and oxygen atoms in total. The molecule has 0 saturated heterocycles. The molecule has 1 saturated carbocycles. The van der Waals surface area contributed by atoms with Crippen molar-refractivity contribution in [1.29, 1.82) is 0 Å². The monoisotopic (exact) mass is 428 g/mol. The summed E-state index contributed by atoms with van der Waals surface area (Å²) in [4.78, 5) is 24.2. The molecule has 0 aromatic heterocycles. The predicted molar refractivity (Wildman–Crippen MR) is 115 cm³/mol. The molecule has 158 valence electrons. The van der Waals surface area contributed by atoms with Crippen LogP contribution in [0.5, 0.6) is 0 Å². The van der Waals surface area contributed by atoms with E-state index in [1.165, 1.54) is 18.2 Å². The number of aryl methyl sites for hydroxylation is 1. The largest absolute Gasteiger partial charge is 0.463 e. The molecular weight excluding hydrogens is 404 g/mol. The summed E-state index contributed by atoms with van der Waals surface area (Å²) in [5.74, 6) is -0.817. The molecule has 30 heavy (non-hydrogen) atoms. The fraction of sp³-hybridized carbons (Fsp3) is 0.273. The molecule has 1 fully saturated rings. The summed E-state index contributed by atoms with van der Waals surface area (Å²) in [5.41, 5.74) is 2.29. The van der Waals surface area contributed by atoms with Gasteiger partial charge in [-0.25, -0.2) is 17.9 Å². The summed E-state index contributed by atoms with van der Waals surface area (Å²) in [5, 5.41) is 2.77. The van der Waals surface area contributed by atoms with Gasteiger partial charge in [0.2, 0.25) is 10.0 Å². The molecule has 2 N–H and O–H groups in total. The number of hydrogen-bond donors (Lipinski definition) is 2. The summed E-state index contributed by atoms with van der Waals surface area (Å²) in [7, 11) is -3.64. The highest BCUT2D eigenvalue weighted by molar-refractivity contribution is 7.89. The van der Waals surface area contributed by atoms with Crippen LogP contribution >= 0.6 is 0 Å². The Labute approximate surface area is 176 Å². The number of esters is 1. The third-order valence-electron chi connectivity index (χ3n) is 4.53. The van der Waals surface area contributed by atoms with E-state index in [4.69, 9.17) is 4.74 Å². The molecule has 1 aliphatic carbocycles. The normalized spacial score (nSPS) is 13.9. The molecule has 8 heteroatoms. The SMILES string of the molecule is CCOC(=O)/C=C/c1ccc(NC(=O)c2cc(S(=O)(=O)NC3CC3)ccc2C)cc1. The lowest BCUT2D eigenvalue weighted by atomic mass is 10.1. The Balaban J connectivity index is 1.71. The van der Waals surface area contributed by atoms with Gasteiger partial charge in [0.15, 0.2) is 0 Å². The van der Waals surface area contributed by atoms with Crippen LogP contribution in [0.1, 0.15) is 41.3 Å². The molecule has 0 aliphatic heterocycles. The summed E-state index contributed by atoms with van der Waals surface area (Å²) in [6, 6.07) is 11.4. The van der Waals surface area contributed by atoms with E-state index in [0.29, 0.717) is 23.4 Å². The number of benzene rings is 2.